The summed E-state index contributed by atoms with van der Waals surface area (Å²) in [6.45, 7) is 4.08. The lowest BCUT2D eigenvalue weighted by Crippen LogP contribution is -2.34. The van der Waals surface area contributed by atoms with Crippen molar-refractivity contribution in [3.63, 3.8) is 0 Å². The second kappa shape index (κ2) is 5.37. The van der Waals surface area contributed by atoms with E-state index in [4.69, 9.17) is 9.47 Å². The average molecular weight is 322 g/mol. The molecule has 1 N–H and O–H groups in total. The van der Waals surface area contributed by atoms with Gasteiger partial charge < -0.3 is 14.8 Å². The summed E-state index contributed by atoms with van der Waals surface area (Å²) in [5.74, 6) is 1.01. The van der Waals surface area contributed by atoms with Gasteiger partial charge in [-0.1, -0.05) is 18.2 Å². The highest BCUT2D eigenvalue weighted by atomic mass is 16.5. The molecule has 4 rings (SSSR count). The molecule has 0 spiro atoms. The van der Waals surface area contributed by atoms with Gasteiger partial charge in [0.25, 0.3) is 0 Å². The van der Waals surface area contributed by atoms with Gasteiger partial charge in [0.05, 0.1) is 18.5 Å². The molecular formula is C19H18N2O3. The summed E-state index contributed by atoms with van der Waals surface area (Å²) >= 11 is 0. The van der Waals surface area contributed by atoms with Crippen LogP contribution in [0.5, 0.6) is 5.75 Å². The SMILES string of the molecule is COc1ccccc1[C@@H]1OC2=Nc3cc(C)c(C)cc3N[C@H]2C1=O. The topological polar surface area (TPSA) is 59.9 Å². The van der Waals surface area contributed by atoms with E-state index in [-0.39, 0.29) is 5.78 Å². The summed E-state index contributed by atoms with van der Waals surface area (Å²) in [4.78, 5) is 17.4. The summed E-state index contributed by atoms with van der Waals surface area (Å²) in [5, 5.41) is 3.27. The summed E-state index contributed by atoms with van der Waals surface area (Å²) in [7, 11) is 1.59. The van der Waals surface area contributed by atoms with Crippen molar-refractivity contribution < 1.29 is 14.3 Å². The number of rotatable bonds is 2. The average Bonchev–Trinajstić information content (AvgIpc) is 2.90. The predicted molar refractivity (Wildman–Crippen MR) is 92.2 cm³/mol. The van der Waals surface area contributed by atoms with E-state index in [1.165, 1.54) is 0 Å². The number of benzene rings is 2. The van der Waals surface area contributed by atoms with E-state index in [9.17, 15) is 4.79 Å². The third-order valence-corrected chi connectivity index (χ3v) is 4.59. The molecule has 2 aromatic rings. The molecule has 1 fully saturated rings. The van der Waals surface area contributed by atoms with Crippen LogP contribution in [0.15, 0.2) is 41.4 Å². The Morgan fingerprint density at radius 2 is 1.92 bits per heavy atom. The molecule has 2 aromatic carbocycles. The van der Waals surface area contributed by atoms with Gasteiger partial charge in [0.2, 0.25) is 11.7 Å². The molecule has 0 saturated carbocycles. The van der Waals surface area contributed by atoms with Gasteiger partial charge in [-0.3, -0.25) is 4.79 Å². The van der Waals surface area contributed by atoms with Crippen molar-refractivity contribution in [2.45, 2.75) is 26.0 Å². The van der Waals surface area contributed by atoms with Crippen LogP contribution in [0.25, 0.3) is 0 Å². The summed E-state index contributed by atoms with van der Waals surface area (Å²) in [6.07, 6.45) is -0.700. The lowest BCUT2D eigenvalue weighted by atomic mass is 10.0. The Kier molecular flexibility index (Phi) is 3.30. The van der Waals surface area contributed by atoms with Crippen molar-refractivity contribution in [2.75, 3.05) is 12.4 Å². The number of methoxy groups -OCH3 is 1. The number of hydrogen-bond donors (Lipinski definition) is 1. The lowest BCUT2D eigenvalue weighted by molar-refractivity contribution is -0.122. The third-order valence-electron chi connectivity index (χ3n) is 4.59. The van der Waals surface area contributed by atoms with Gasteiger partial charge in [-0.05, 0) is 43.2 Å². The zero-order chi connectivity index (χ0) is 16.8. The number of para-hydroxylation sites is 1. The number of carbonyl (C=O) groups excluding carboxylic acids is 1. The minimum Gasteiger partial charge on any atom is -0.496 e. The minimum atomic E-state index is -0.700. The van der Waals surface area contributed by atoms with Gasteiger partial charge in [0.1, 0.15) is 5.75 Å². The van der Waals surface area contributed by atoms with Crippen molar-refractivity contribution in [1.82, 2.24) is 0 Å². The number of fused-ring (bicyclic) bond motifs is 2. The number of nitrogens with one attached hydrogen (secondary N) is 1. The number of anilines is 1. The molecule has 2 aliphatic rings. The number of aliphatic imine (C=N–C) groups is 1. The van der Waals surface area contributed by atoms with Crippen LogP contribution >= 0.6 is 0 Å². The second-order valence-corrected chi connectivity index (χ2v) is 6.12. The molecule has 0 aliphatic carbocycles. The molecule has 2 atom stereocenters. The van der Waals surface area contributed by atoms with Gasteiger partial charge in [-0.15, -0.1) is 0 Å². The first-order valence-corrected chi connectivity index (χ1v) is 7.88. The summed E-state index contributed by atoms with van der Waals surface area (Å²) in [5.41, 5.74) is 4.71. The predicted octanol–water partition coefficient (Wildman–Crippen LogP) is 3.48. The van der Waals surface area contributed by atoms with Crippen molar-refractivity contribution in [1.29, 1.82) is 0 Å². The maximum absolute atomic E-state index is 12.8. The molecule has 5 heteroatoms. The molecule has 0 bridgehead atoms. The number of hydrogen-bond acceptors (Lipinski definition) is 5. The van der Waals surface area contributed by atoms with E-state index in [0.29, 0.717) is 11.6 Å². The van der Waals surface area contributed by atoms with Gasteiger partial charge in [0.15, 0.2) is 12.1 Å². The van der Waals surface area contributed by atoms with E-state index < -0.39 is 12.1 Å². The molecule has 2 aliphatic heterocycles. The highest BCUT2D eigenvalue weighted by Gasteiger charge is 2.45. The first-order chi connectivity index (χ1) is 11.6. The number of ketones is 1. The molecular weight excluding hydrogens is 304 g/mol. The Labute approximate surface area is 140 Å². The Hall–Kier alpha value is -2.82. The van der Waals surface area contributed by atoms with Crippen LogP contribution in [0.1, 0.15) is 22.8 Å². The normalized spacial score (nSPS) is 21.3. The van der Waals surface area contributed by atoms with Crippen LogP contribution < -0.4 is 10.1 Å². The third kappa shape index (κ3) is 2.16. The zero-order valence-electron chi connectivity index (χ0n) is 13.8. The number of aryl methyl sites for hydroxylation is 2. The second-order valence-electron chi connectivity index (χ2n) is 6.12. The maximum Gasteiger partial charge on any atom is 0.220 e. The molecule has 2 heterocycles. The van der Waals surface area contributed by atoms with Crippen molar-refractivity contribution in [2.24, 2.45) is 4.99 Å². The van der Waals surface area contributed by atoms with Crippen LogP contribution in [-0.2, 0) is 9.53 Å². The van der Waals surface area contributed by atoms with Crippen LogP contribution in [0.2, 0.25) is 0 Å². The van der Waals surface area contributed by atoms with E-state index in [2.05, 4.69) is 10.3 Å². The molecule has 122 valence electrons. The zero-order valence-corrected chi connectivity index (χ0v) is 13.8. The van der Waals surface area contributed by atoms with E-state index in [1.807, 2.05) is 50.2 Å². The molecule has 0 radical (unpaired) electrons. The summed E-state index contributed by atoms with van der Waals surface area (Å²) in [6, 6.07) is 10.9. The number of Topliss-reactive ketones (excluding diaryl/α,β-unsaturated/α-hetero) is 1. The smallest absolute Gasteiger partial charge is 0.220 e. The standard InChI is InChI=1S/C19H18N2O3/c1-10-8-13-14(9-11(10)2)21-19-16(20-13)17(22)18(24-19)12-6-4-5-7-15(12)23-3/h4-9,16,18,20H,1-3H3/t16-,18-/m0/s1. The number of nitrogens with zero attached hydrogens (tertiary/aromatic N) is 1. The minimum absolute atomic E-state index is 0.0536. The maximum atomic E-state index is 12.8. The van der Waals surface area contributed by atoms with Crippen LogP contribution in [0.3, 0.4) is 0 Å². The quantitative estimate of drug-likeness (QED) is 0.919. The van der Waals surface area contributed by atoms with Gasteiger partial charge >= 0.3 is 0 Å². The van der Waals surface area contributed by atoms with Gasteiger partial charge in [-0.2, -0.15) is 0 Å². The van der Waals surface area contributed by atoms with E-state index >= 15 is 0 Å². The highest BCUT2D eigenvalue weighted by molar-refractivity contribution is 6.17. The number of carbonyl (C=O) groups is 1. The van der Waals surface area contributed by atoms with Gasteiger partial charge in [0, 0.05) is 5.56 Å². The Bertz CT molecular complexity index is 873. The Morgan fingerprint density at radius 1 is 1.17 bits per heavy atom. The van der Waals surface area contributed by atoms with Crippen molar-refractivity contribution in [3.8, 4) is 5.75 Å². The fourth-order valence-electron chi connectivity index (χ4n) is 3.13. The number of ether oxygens (including phenoxy) is 2. The summed E-state index contributed by atoms with van der Waals surface area (Å²) < 4.78 is 11.3. The first-order valence-electron chi connectivity index (χ1n) is 7.88. The largest absolute Gasteiger partial charge is 0.496 e. The van der Waals surface area contributed by atoms with Crippen molar-refractivity contribution in [3.05, 3.63) is 53.1 Å². The van der Waals surface area contributed by atoms with Crippen molar-refractivity contribution >= 4 is 23.1 Å². The first kappa shape index (κ1) is 14.8. The van der Waals surface area contributed by atoms with Crippen LogP contribution in [0, 0.1) is 13.8 Å². The Morgan fingerprint density at radius 3 is 2.71 bits per heavy atom. The lowest BCUT2D eigenvalue weighted by Gasteiger charge is -2.20. The fraction of sp³-hybridized carbons (Fsp3) is 0.263. The monoisotopic (exact) mass is 322 g/mol. The molecule has 0 aromatic heterocycles. The van der Waals surface area contributed by atoms with E-state index in [1.54, 1.807) is 7.11 Å². The molecule has 24 heavy (non-hydrogen) atoms. The highest BCUT2D eigenvalue weighted by Crippen LogP contribution is 2.40. The van der Waals surface area contributed by atoms with Gasteiger partial charge in [-0.25, -0.2) is 4.99 Å². The molecule has 1 saturated heterocycles. The molecule has 5 nitrogen and oxygen atoms in total. The fourth-order valence-corrected chi connectivity index (χ4v) is 3.13. The van der Waals surface area contributed by atoms with E-state index in [0.717, 1.165) is 28.1 Å². The van der Waals surface area contributed by atoms with Crippen LogP contribution in [-0.4, -0.2) is 24.8 Å². The molecule has 0 amide bonds. The molecule has 0 unspecified atom stereocenters. The Balaban J connectivity index is 1.73. The van der Waals surface area contributed by atoms with Crippen LogP contribution in [0.4, 0.5) is 11.4 Å².